The fraction of sp³-hybridized carbons (Fsp3) is 0. The quantitative estimate of drug-likeness (QED) is 0.379. The highest BCUT2D eigenvalue weighted by atomic mass is 79.9. The van der Waals surface area contributed by atoms with E-state index in [1.807, 2.05) is 30.5 Å². The van der Waals surface area contributed by atoms with Crippen LogP contribution in [0.25, 0.3) is 21.8 Å². The summed E-state index contributed by atoms with van der Waals surface area (Å²) >= 11 is 6.80. The Morgan fingerprint density at radius 3 is 2.08 bits per heavy atom. The zero-order chi connectivity index (χ0) is 18.0. The van der Waals surface area contributed by atoms with Gasteiger partial charge < -0.3 is 15.7 Å². The topological polar surface area (TPSA) is 98.5 Å². The second kappa shape index (κ2) is 7.13. The molecule has 2 heterocycles. The van der Waals surface area contributed by atoms with Gasteiger partial charge in [-0.2, -0.15) is 5.26 Å². The fourth-order valence-corrected chi connectivity index (χ4v) is 3.47. The summed E-state index contributed by atoms with van der Waals surface area (Å²) in [6.07, 6.45) is 3.61. The summed E-state index contributed by atoms with van der Waals surface area (Å²) in [6, 6.07) is 13.2. The van der Waals surface area contributed by atoms with Gasteiger partial charge >= 0.3 is 0 Å². The number of halogens is 2. The monoisotopic (exact) mass is 458 g/mol. The Morgan fingerprint density at radius 2 is 1.48 bits per heavy atom. The molecule has 0 atom stereocenters. The van der Waals surface area contributed by atoms with Crippen molar-refractivity contribution in [3.8, 4) is 6.07 Å². The molecule has 4 rings (SSSR count). The van der Waals surface area contributed by atoms with E-state index >= 15 is 0 Å². The minimum atomic E-state index is -0.417. The number of aromatic amines is 2. The first-order chi connectivity index (χ1) is 12.0. The molecule has 0 unspecified atom stereocenters. The maximum Gasteiger partial charge on any atom is 0.250 e. The number of hydrogen-bond donors (Lipinski definition) is 3. The first-order valence-corrected chi connectivity index (χ1v) is 8.82. The van der Waals surface area contributed by atoms with Crippen molar-refractivity contribution < 1.29 is 4.79 Å². The molecule has 0 saturated carbocycles. The van der Waals surface area contributed by atoms with E-state index in [-0.39, 0.29) is 0 Å². The highest BCUT2D eigenvalue weighted by Crippen LogP contribution is 2.26. The third kappa shape index (κ3) is 3.31. The second-order valence-corrected chi connectivity index (χ2v) is 6.91. The first kappa shape index (κ1) is 17.3. The minimum absolute atomic E-state index is 0.417. The van der Waals surface area contributed by atoms with E-state index in [0.717, 1.165) is 30.8 Å². The number of rotatable bonds is 1. The number of aromatic nitrogens is 2. The van der Waals surface area contributed by atoms with E-state index in [1.165, 1.54) is 0 Å². The number of hydrogen-bond acceptors (Lipinski definition) is 2. The molecule has 0 saturated heterocycles. The molecule has 2 aromatic heterocycles. The van der Waals surface area contributed by atoms with Crippen LogP contribution in [0.5, 0.6) is 0 Å². The highest BCUT2D eigenvalue weighted by molar-refractivity contribution is 9.11. The van der Waals surface area contributed by atoms with Crippen molar-refractivity contribution in [1.82, 2.24) is 9.97 Å². The van der Waals surface area contributed by atoms with Gasteiger partial charge in [0, 0.05) is 32.1 Å². The van der Waals surface area contributed by atoms with Crippen LogP contribution in [0.4, 0.5) is 0 Å². The van der Waals surface area contributed by atoms with Crippen LogP contribution in [0.3, 0.4) is 0 Å². The summed E-state index contributed by atoms with van der Waals surface area (Å²) in [5, 5.41) is 10.8. The van der Waals surface area contributed by atoms with Crippen LogP contribution in [0.15, 0.2) is 57.7 Å². The van der Waals surface area contributed by atoms with E-state index < -0.39 is 5.91 Å². The van der Waals surface area contributed by atoms with Gasteiger partial charge in [-0.05, 0) is 36.4 Å². The number of carbonyl (C=O) groups is 1. The molecule has 4 aromatic rings. The molecule has 5 nitrogen and oxygen atoms in total. The first-order valence-electron chi connectivity index (χ1n) is 7.24. The molecule has 0 aliphatic rings. The molecule has 0 aliphatic carbocycles. The van der Waals surface area contributed by atoms with E-state index in [0.29, 0.717) is 11.1 Å². The Hall–Kier alpha value is -2.56. The molecule has 7 heteroatoms. The van der Waals surface area contributed by atoms with Crippen molar-refractivity contribution in [2.24, 2.45) is 5.73 Å². The van der Waals surface area contributed by atoms with Gasteiger partial charge in [0.2, 0.25) is 0 Å². The predicted octanol–water partition coefficient (Wildman–Crippen LogP) is 4.83. The lowest BCUT2D eigenvalue weighted by Gasteiger charge is -1.99. The van der Waals surface area contributed by atoms with Crippen LogP contribution >= 0.6 is 31.9 Å². The molecular formula is C18H12Br2N4O. The number of fused-ring (bicyclic) bond motifs is 2. The molecule has 0 aliphatic heterocycles. The van der Waals surface area contributed by atoms with E-state index in [2.05, 4.69) is 47.9 Å². The smallest absolute Gasteiger partial charge is 0.250 e. The van der Waals surface area contributed by atoms with Gasteiger partial charge in [0.25, 0.3) is 5.91 Å². The molecule has 1 amide bonds. The van der Waals surface area contributed by atoms with E-state index in [9.17, 15) is 4.79 Å². The van der Waals surface area contributed by atoms with Crippen molar-refractivity contribution in [3.05, 3.63) is 68.9 Å². The predicted molar refractivity (Wildman–Crippen MR) is 105 cm³/mol. The Balaban J connectivity index is 0.000000146. The summed E-state index contributed by atoms with van der Waals surface area (Å²) in [6.45, 7) is 0. The van der Waals surface area contributed by atoms with Crippen molar-refractivity contribution in [3.63, 3.8) is 0 Å². The van der Waals surface area contributed by atoms with Crippen molar-refractivity contribution in [2.45, 2.75) is 0 Å². The van der Waals surface area contributed by atoms with Crippen molar-refractivity contribution >= 4 is 59.6 Å². The molecular weight excluding hydrogens is 448 g/mol. The van der Waals surface area contributed by atoms with Gasteiger partial charge in [-0.3, -0.25) is 4.79 Å². The normalized spacial score (nSPS) is 10.3. The Kier molecular flexibility index (Phi) is 4.93. The van der Waals surface area contributed by atoms with Crippen LogP contribution in [0, 0.1) is 11.3 Å². The summed E-state index contributed by atoms with van der Waals surface area (Å²) in [4.78, 5) is 17.0. The Bertz CT molecular complexity index is 1120. The van der Waals surface area contributed by atoms with Crippen LogP contribution in [-0.2, 0) is 0 Å². The van der Waals surface area contributed by atoms with Crippen molar-refractivity contribution in [2.75, 3.05) is 0 Å². The molecule has 0 radical (unpaired) electrons. The fourth-order valence-electron chi connectivity index (χ4n) is 2.54. The number of primary amides is 1. The van der Waals surface area contributed by atoms with Crippen molar-refractivity contribution in [1.29, 1.82) is 5.26 Å². The lowest BCUT2D eigenvalue weighted by Crippen LogP contribution is -2.11. The summed E-state index contributed by atoms with van der Waals surface area (Å²) < 4.78 is 1.96. The van der Waals surface area contributed by atoms with Gasteiger partial charge in [0.05, 0.1) is 22.2 Å². The van der Waals surface area contributed by atoms with Gasteiger partial charge in [-0.1, -0.05) is 31.9 Å². The van der Waals surface area contributed by atoms with Gasteiger partial charge in [-0.25, -0.2) is 0 Å². The van der Waals surface area contributed by atoms with E-state index in [4.69, 9.17) is 11.0 Å². The number of carbonyl (C=O) groups excluding carboxylic acids is 1. The third-order valence-corrected chi connectivity index (χ3v) is 5.11. The maximum absolute atomic E-state index is 11.0. The molecule has 0 bridgehead atoms. The van der Waals surface area contributed by atoms with Crippen LogP contribution in [-0.4, -0.2) is 15.9 Å². The Morgan fingerprint density at radius 1 is 0.920 bits per heavy atom. The minimum Gasteiger partial charge on any atom is -0.366 e. The molecule has 4 N–H and O–H groups in total. The summed E-state index contributed by atoms with van der Waals surface area (Å²) in [5.41, 5.74) is 8.09. The summed E-state index contributed by atoms with van der Waals surface area (Å²) in [5.74, 6) is -0.417. The van der Waals surface area contributed by atoms with Gasteiger partial charge in [0.1, 0.15) is 6.07 Å². The molecule has 0 fully saturated rings. The lowest BCUT2D eigenvalue weighted by atomic mass is 10.1. The number of nitriles is 1. The number of amides is 1. The van der Waals surface area contributed by atoms with Crippen LogP contribution in [0.2, 0.25) is 0 Å². The molecule has 124 valence electrons. The number of benzene rings is 2. The largest absolute Gasteiger partial charge is 0.366 e. The highest BCUT2D eigenvalue weighted by Gasteiger charge is 2.08. The summed E-state index contributed by atoms with van der Waals surface area (Å²) in [7, 11) is 0. The van der Waals surface area contributed by atoms with Crippen LogP contribution in [0.1, 0.15) is 15.9 Å². The standard InChI is InChI=1S/C9H7BrN2O.C9H5BrN2/c10-7-2-1-6(9(11)13)8-5(7)3-4-12-8;10-8-2-1-6(5-11)9-7(8)3-4-12-9/h1-4,12H,(H2,11,13);1-4,12H. The second-order valence-electron chi connectivity index (χ2n) is 5.20. The number of nitrogens with one attached hydrogen (secondary N) is 2. The average Bonchev–Trinajstić information content (AvgIpc) is 3.26. The SMILES string of the molecule is N#Cc1ccc(Br)c2cc[nH]c12.NC(=O)c1ccc(Br)c2cc[nH]c12. The number of nitrogens with zero attached hydrogens (tertiary/aromatic N) is 1. The number of nitrogens with two attached hydrogens (primary N) is 1. The molecule has 2 aromatic carbocycles. The maximum atomic E-state index is 11.0. The number of H-pyrrole nitrogens is 2. The molecule has 25 heavy (non-hydrogen) atoms. The lowest BCUT2D eigenvalue weighted by molar-refractivity contribution is 0.100. The van der Waals surface area contributed by atoms with Gasteiger partial charge in [0.15, 0.2) is 0 Å². The van der Waals surface area contributed by atoms with Gasteiger partial charge in [-0.15, -0.1) is 0 Å². The zero-order valence-corrected chi connectivity index (χ0v) is 16.0. The third-order valence-electron chi connectivity index (χ3n) is 3.73. The van der Waals surface area contributed by atoms with E-state index in [1.54, 1.807) is 18.3 Å². The average molecular weight is 460 g/mol. The van der Waals surface area contributed by atoms with Crippen LogP contribution < -0.4 is 5.73 Å². The Labute approximate surface area is 160 Å². The zero-order valence-electron chi connectivity index (χ0n) is 12.8. The molecule has 0 spiro atoms.